The minimum absolute atomic E-state index is 0. The normalized spacial score (nSPS) is 16.2. The van der Waals surface area contributed by atoms with Gasteiger partial charge in [-0.2, -0.15) is 10.2 Å². The van der Waals surface area contributed by atoms with E-state index in [-0.39, 0.29) is 52.8 Å². The molecule has 5 rings (SSSR count). The summed E-state index contributed by atoms with van der Waals surface area (Å²) in [4.78, 5) is 43.8. The second-order valence-electron chi connectivity index (χ2n) is 6.48. The summed E-state index contributed by atoms with van der Waals surface area (Å²) in [5.74, 6) is -6.09. The SMILES string of the molecule is C1C[NH+]2CC[NH+]1CC2.O.O.O=C([O-])c1cc(C(=O)[O-])[nH]n1.O=C([O-])c1cc(C(=O)[O-])[nH]n1.[OH3+].[OH3+].[Zn+2]. The summed E-state index contributed by atoms with van der Waals surface area (Å²) in [5.41, 5.74) is -1.68. The van der Waals surface area contributed by atoms with Crippen LogP contribution in [0.5, 0.6) is 0 Å². The van der Waals surface area contributed by atoms with Crippen LogP contribution in [0.1, 0.15) is 42.0 Å². The second kappa shape index (κ2) is 18.1. The zero-order valence-electron chi connectivity index (χ0n) is 18.4. The quantitative estimate of drug-likeness (QED) is 0.201. The molecule has 19 heteroatoms. The molecule has 3 aliphatic rings. The van der Waals surface area contributed by atoms with Gasteiger partial charge in [-0.1, -0.05) is 0 Å². The molecule has 0 unspecified atom stereocenters. The molecule has 14 N–H and O–H groups in total. The number of carboxylic acids is 4. The Kier molecular flexibility index (Phi) is 20.1. The molecular weight excluding hydrogens is 534 g/mol. The number of carbonyl (C=O) groups excluding carboxylic acids is 4. The number of nitrogens with zero attached hydrogens (tertiary/aromatic N) is 2. The molecule has 35 heavy (non-hydrogen) atoms. The number of piperazine rings is 3. The van der Waals surface area contributed by atoms with E-state index in [9.17, 15) is 39.6 Å². The Morgan fingerprint density at radius 1 is 0.629 bits per heavy atom. The van der Waals surface area contributed by atoms with Crippen molar-refractivity contribution in [1.82, 2.24) is 20.4 Å². The Morgan fingerprint density at radius 3 is 1.00 bits per heavy atom. The van der Waals surface area contributed by atoms with Crippen LogP contribution in [0.4, 0.5) is 0 Å². The number of hydrogen-bond acceptors (Lipinski definition) is 10. The number of aromatic carboxylic acids is 4. The van der Waals surface area contributed by atoms with Gasteiger partial charge in [0.1, 0.15) is 50.7 Å². The maximum Gasteiger partial charge on any atom is 2.00 e. The van der Waals surface area contributed by atoms with Crippen molar-refractivity contribution in [3.8, 4) is 0 Å². The first-order valence-electron chi connectivity index (χ1n) is 8.80. The molecule has 2 bridgehead atoms. The van der Waals surface area contributed by atoms with E-state index < -0.39 is 35.3 Å². The van der Waals surface area contributed by atoms with E-state index in [1.54, 1.807) is 0 Å². The van der Waals surface area contributed by atoms with E-state index in [1.807, 2.05) is 20.0 Å². The van der Waals surface area contributed by atoms with Gasteiger partial charge in [-0.05, 0) is 12.1 Å². The van der Waals surface area contributed by atoms with Crippen LogP contribution in [0.15, 0.2) is 12.1 Å². The first kappa shape index (κ1) is 38.9. The topological polar surface area (TPSA) is 356 Å². The third-order valence-corrected chi connectivity index (χ3v) is 4.51. The maximum absolute atomic E-state index is 10.0. The van der Waals surface area contributed by atoms with Gasteiger partial charge in [0.2, 0.25) is 0 Å². The number of H-pyrrole nitrogens is 2. The predicted octanol–water partition coefficient (Wildman–Crippen LogP) is -12.4. The summed E-state index contributed by atoms with van der Waals surface area (Å²) in [6.07, 6.45) is 0. The number of quaternary nitrogens is 2. The van der Waals surface area contributed by atoms with Gasteiger partial charge in [-0.3, -0.25) is 10.2 Å². The number of fused-ring (bicyclic) bond motifs is 3. The van der Waals surface area contributed by atoms with E-state index in [2.05, 4.69) is 10.2 Å². The Bertz CT molecular complexity index is 786. The third kappa shape index (κ3) is 12.1. The average Bonchev–Trinajstić information content (AvgIpc) is 3.41. The van der Waals surface area contributed by atoms with Crippen LogP contribution in [0.3, 0.4) is 0 Å². The maximum atomic E-state index is 10.0. The standard InChI is InChI=1S/C6H12N2.2C5H4N2O4.4H2O.Zn/c1-2-8-5-3-7(1)4-6-8;2*8-4(9)2-1-3(5(10)11)7-6-2;;;;;/h1-6H2;2*1H,(H,6,7)(H,8,9)(H,10,11);4*1H2;/q;;;;;;;+2. The summed E-state index contributed by atoms with van der Waals surface area (Å²) in [7, 11) is 0. The number of hydrogen-bond donors (Lipinski definition) is 4. The smallest absolute Gasteiger partial charge is 0.543 e. The number of carboxylic acid groups (broad SMARTS) is 4. The van der Waals surface area contributed by atoms with Gasteiger partial charge in [0.05, 0.1) is 35.3 Å². The monoisotopic (exact) mass is 560 g/mol. The van der Waals surface area contributed by atoms with Gasteiger partial charge in [0, 0.05) is 0 Å². The molecule has 3 aliphatic heterocycles. The molecule has 0 aliphatic carbocycles. The van der Waals surface area contributed by atoms with Crippen molar-refractivity contribution in [1.29, 1.82) is 0 Å². The van der Waals surface area contributed by atoms with Gasteiger partial charge < -0.3 is 71.3 Å². The van der Waals surface area contributed by atoms with E-state index in [0.717, 1.165) is 12.1 Å². The molecule has 0 amide bonds. The number of aromatic nitrogens is 4. The van der Waals surface area contributed by atoms with Gasteiger partial charge >= 0.3 is 19.5 Å². The van der Waals surface area contributed by atoms with Crippen molar-refractivity contribution < 1.29 is 90.8 Å². The molecule has 0 atom stereocenters. The summed E-state index contributed by atoms with van der Waals surface area (Å²) >= 11 is 0. The Morgan fingerprint density at radius 2 is 0.886 bits per heavy atom. The summed E-state index contributed by atoms with van der Waals surface area (Å²) in [6, 6.07) is 1.65. The van der Waals surface area contributed by atoms with E-state index in [4.69, 9.17) is 0 Å². The van der Waals surface area contributed by atoms with Gasteiger partial charge in [0.15, 0.2) is 0 Å². The van der Waals surface area contributed by atoms with Crippen LogP contribution in [-0.4, -0.2) is 94.5 Å². The van der Waals surface area contributed by atoms with Crippen molar-refractivity contribution in [2.75, 3.05) is 39.3 Å². The molecular formula is C16H28N6O12Zn+2. The number of carbonyl (C=O) groups is 4. The number of nitrogens with one attached hydrogen (secondary N) is 4. The first-order valence-corrected chi connectivity index (χ1v) is 8.80. The van der Waals surface area contributed by atoms with E-state index >= 15 is 0 Å². The molecule has 0 spiro atoms. The Hall–Kier alpha value is -3.32. The van der Waals surface area contributed by atoms with Crippen molar-refractivity contribution in [2.24, 2.45) is 0 Å². The fraction of sp³-hybridized carbons (Fsp3) is 0.375. The summed E-state index contributed by atoms with van der Waals surface area (Å²) in [6.45, 7) is 8.64. The largest absolute Gasteiger partial charge is 2.00 e. The average molecular weight is 562 g/mol. The van der Waals surface area contributed by atoms with Crippen LogP contribution in [0, 0.1) is 0 Å². The van der Waals surface area contributed by atoms with Crippen molar-refractivity contribution in [3.05, 3.63) is 34.9 Å². The zero-order valence-corrected chi connectivity index (χ0v) is 21.4. The van der Waals surface area contributed by atoms with Crippen molar-refractivity contribution >= 4 is 23.9 Å². The van der Waals surface area contributed by atoms with Crippen molar-refractivity contribution in [2.45, 2.75) is 0 Å². The molecule has 0 radical (unpaired) electrons. The number of aromatic amines is 2. The fourth-order valence-corrected chi connectivity index (χ4v) is 2.87. The van der Waals surface area contributed by atoms with E-state index in [1.165, 1.54) is 39.3 Å². The first-order chi connectivity index (χ1) is 14.2. The van der Waals surface area contributed by atoms with Gasteiger partial charge in [-0.15, -0.1) is 0 Å². The van der Waals surface area contributed by atoms with Crippen LogP contribution in [-0.2, 0) is 30.4 Å². The zero-order chi connectivity index (χ0) is 22.3. The molecule has 3 saturated heterocycles. The Labute approximate surface area is 209 Å². The van der Waals surface area contributed by atoms with Crippen LogP contribution < -0.4 is 30.2 Å². The fourth-order valence-electron chi connectivity index (χ4n) is 2.87. The van der Waals surface area contributed by atoms with Gasteiger partial charge in [0.25, 0.3) is 0 Å². The minimum Gasteiger partial charge on any atom is -0.543 e. The second-order valence-corrected chi connectivity index (χ2v) is 6.48. The molecule has 0 saturated carbocycles. The van der Waals surface area contributed by atoms with Crippen LogP contribution >= 0.6 is 0 Å². The molecule has 3 fully saturated rings. The summed E-state index contributed by atoms with van der Waals surface area (Å²) < 4.78 is 0. The molecule has 0 aromatic carbocycles. The van der Waals surface area contributed by atoms with E-state index in [0.29, 0.717) is 0 Å². The Balaban J connectivity index is -0.000000194. The predicted molar refractivity (Wildman–Crippen MR) is 103 cm³/mol. The van der Waals surface area contributed by atoms with Crippen LogP contribution in [0.2, 0.25) is 0 Å². The molecule has 2 aromatic heterocycles. The molecule has 18 nitrogen and oxygen atoms in total. The molecule has 194 valence electrons. The van der Waals surface area contributed by atoms with Crippen molar-refractivity contribution in [3.63, 3.8) is 0 Å². The number of rotatable bonds is 4. The molecule has 2 aromatic rings. The van der Waals surface area contributed by atoms with Crippen LogP contribution in [0.25, 0.3) is 0 Å². The minimum atomic E-state index is -1.53. The molecule has 5 heterocycles. The van der Waals surface area contributed by atoms with Gasteiger partial charge in [-0.25, -0.2) is 0 Å². The third-order valence-electron chi connectivity index (χ3n) is 4.51. The summed E-state index contributed by atoms with van der Waals surface area (Å²) in [5, 5.41) is 50.3.